The van der Waals surface area contributed by atoms with E-state index >= 15 is 0 Å². The lowest BCUT2D eigenvalue weighted by atomic mass is 10.1. The van der Waals surface area contributed by atoms with Gasteiger partial charge in [0.05, 0.1) is 34.2 Å². The van der Waals surface area contributed by atoms with Crippen LogP contribution in [0.15, 0.2) is 83.6 Å². The maximum atomic E-state index is 9.19. The van der Waals surface area contributed by atoms with Gasteiger partial charge in [0.1, 0.15) is 10.4 Å². The van der Waals surface area contributed by atoms with E-state index in [0.717, 1.165) is 49.5 Å². The van der Waals surface area contributed by atoms with Gasteiger partial charge in [0, 0.05) is 23.6 Å². The predicted molar refractivity (Wildman–Crippen MR) is 124 cm³/mol. The van der Waals surface area contributed by atoms with Crippen LogP contribution >= 0.6 is 15.9 Å². The third-order valence-corrected chi connectivity index (χ3v) is 5.47. The standard InChI is InChI=1S/C25H16BrN5/c26-22-8-2-7-21(29-22)25-24(19-9-10-20-18(14-19)6-3-11-28-20)30-23(31-25)13-16-4-1-5-17(12-16)15-27/h1-12,14H,13H2,(H,30,31). The van der Waals surface area contributed by atoms with Crippen LogP contribution in [-0.2, 0) is 6.42 Å². The topological polar surface area (TPSA) is 78.2 Å². The van der Waals surface area contributed by atoms with Crippen molar-refractivity contribution in [2.75, 3.05) is 0 Å². The van der Waals surface area contributed by atoms with Gasteiger partial charge in [0.2, 0.25) is 0 Å². The van der Waals surface area contributed by atoms with Gasteiger partial charge in [-0.25, -0.2) is 9.97 Å². The van der Waals surface area contributed by atoms with Crippen LogP contribution < -0.4 is 0 Å². The highest BCUT2D eigenvalue weighted by Gasteiger charge is 2.16. The van der Waals surface area contributed by atoms with E-state index in [9.17, 15) is 5.26 Å². The summed E-state index contributed by atoms with van der Waals surface area (Å²) in [6.07, 6.45) is 2.38. The van der Waals surface area contributed by atoms with Crippen molar-refractivity contribution in [2.24, 2.45) is 0 Å². The second-order valence-corrected chi connectivity index (χ2v) is 7.96. The molecule has 0 bridgehead atoms. The summed E-state index contributed by atoms with van der Waals surface area (Å²) >= 11 is 3.46. The molecule has 0 aliphatic rings. The molecule has 3 heterocycles. The average molecular weight is 466 g/mol. The summed E-state index contributed by atoms with van der Waals surface area (Å²) in [6.45, 7) is 0. The van der Waals surface area contributed by atoms with Crippen LogP contribution in [0.3, 0.4) is 0 Å². The van der Waals surface area contributed by atoms with Crippen LogP contribution in [0.2, 0.25) is 0 Å². The zero-order valence-corrected chi connectivity index (χ0v) is 18.0. The number of rotatable bonds is 4. The molecule has 148 valence electrons. The average Bonchev–Trinajstić information content (AvgIpc) is 3.22. The number of benzene rings is 2. The van der Waals surface area contributed by atoms with Gasteiger partial charge in [-0.2, -0.15) is 5.26 Å². The summed E-state index contributed by atoms with van der Waals surface area (Å²) in [4.78, 5) is 17.4. The number of fused-ring (bicyclic) bond motifs is 1. The zero-order valence-electron chi connectivity index (χ0n) is 16.4. The molecule has 6 heteroatoms. The number of pyridine rings is 2. The van der Waals surface area contributed by atoms with E-state index in [1.165, 1.54) is 0 Å². The molecule has 1 N–H and O–H groups in total. The third kappa shape index (κ3) is 3.96. The number of H-pyrrole nitrogens is 1. The number of aromatic nitrogens is 4. The molecule has 0 atom stereocenters. The van der Waals surface area contributed by atoms with Gasteiger partial charge < -0.3 is 4.98 Å². The second-order valence-electron chi connectivity index (χ2n) is 7.15. The summed E-state index contributed by atoms with van der Waals surface area (Å²) in [5, 5.41) is 10.3. The molecule has 0 aliphatic heterocycles. The van der Waals surface area contributed by atoms with E-state index < -0.39 is 0 Å². The fraction of sp³-hybridized carbons (Fsp3) is 0.0400. The number of halogens is 1. The number of hydrogen-bond acceptors (Lipinski definition) is 4. The van der Waals surface area contributed by atoms with Gasteiger partial charge in [0.25, 0.3) is 0 Å². The Hall–Kier alpha value is -3.82. The van der Waals surface area contributed by atoms with E-state index in [4.69, 9.17) is 4.98 Å². The van der Waals surface area contributed by atoms with Gasteiger partial charge in [-0.1, -0.05) is 30.3 Å². The molecule has 0 spiro atoms. The van der Waals surface area contributed by atoms with Crippen molar-refractivity contribution in [3.05, 3.63) is 101 Å². The van der Waals surface area contributed by atoms with Crippen LogP contribution in [0.25, 0.3) is 33.5 Å². The fourth-order valence-corrected chi connectivity index (χ4v) is 3.96. The molecular weight excluding hydrogens is 450 g/mol. The van der Waals surface area contributed by atoms with Gasteiger partial charge in [0.15, 0.2) is 0 Å². The van der Waals surface area contributed by atoms with E-state index in [-0.39, 0.29) is 0 Å². The lowest BCUT2D eigenvalue weighted by Gasteiger charge is -2.04. The molecule has 0 unspecified atom stereocenters. The van der Waals surface area contributed by atoms with Gasteiger partial charge in [-0.05, 0) is 64.0 Å². The summed E-state index contributed by atoms with van der Waals surface area (Å²) < 4.78 is 0.761. The zero-order chi connectivity index (χ0) is 21.2. The largest absolute Gasteiger partial charge is 0.340 e. The number of nitrogens with one attached hydrogen (secondary N) is 1. The summed E-state index contributed by atoms with van der Waals surface area (Å²) in [5.74, 6) is 0.813. The maximum Gasteiger partial charge on any atom is 0.111 e. The van der Waals surface area contributed by atoms with Crippen molar-refractivity contribution in [3.63, 3.8) is 0 Å². The molecule has 5 rings (SSSR count). The molecule has 3 aromatic heterocycles. The third-order valence-electron chi connectivity index (χ3n) is 5.03. The Kier molecular flexibility index (Phi) is 5.03. The molecule has 0 saturated carbocycles. The minimum Gasteiger partial charge on any atom is -0.340 e. The number of nitriles is 1. The van der Waals surface area contributed by atoms with E-state index in [0.29, 0.717) is 12.0 Å². The number of nitrogens with zero attached hydrogens (tertiary/aromatic N) is 4. The monoisotopic (exact) mass is 465 g/mol. The van der Waals surface area contributed by atoms with Crippen LogP contribution in [0.5, 0.6) is 0 Å². The Labute approximate surface area is 187 Å². The Morgan fingerprint density at radius 2 is 1.84 bits per heavy atom. The molecule has 31 heavy (non-hydrogen) atoms. The normalized spacial score (nSPS) is 10.8. The summed E-state index contributed by atoms with van der Waals surface area (Å²) in [6, 6.07) is 25.7. The molecule has 0 saturated heterocycles. The molecule has 0 aliphatic carbocycles. The van der Waals surface area contributed by atoms with Crippen molar-refractivity contribution in [1.82, 2.24) is 19.9 Å². The quantitative estimate of drug-likeness (QED) is 0.334. The lowest BCUT2D eigenvalue weighted by molar-refractivity contribution is 1.03. The first kappa shape index (κ1) is 19.2. The van der Waals surface area contributed by atoms with Crippen molar-refractivity contribution < 1.29 is 0 Å². The maximum absolute atomic E-state index is 9.19. The molecule has 5 aromatic rings. The Bertz CT molecular complexity index is 1450. The summed E-state index contributed by atoms with van der Waals surface area (Å²) in [7, 11) is 0. The minimum atomic E-state index is 0.589. The Morgan fingerprint density at radius 1 is 0.935 bits per heavy atom. The minimum absolute atomic E-state index is 0.589. The molecule has 5 nitrogen and oxygen atoms in total. The lowest BCUT2D eigenvalue weighted by Crippen LogP contribution is -1.92. The first-order chi connectivity index (χ1) is 15.2. The molecular formula is C25H16BrN5. The SMILES string of the molecule is N#Cc1cccc(Cc2nc(-c3ccc4ncccc4c3)c(-c3cccc(Br)n3)[nH]2)c1. The second kappa shape index (κ2) is 8.13. The predicted octanol–water partition coefficient (Wildman–Crippen LogP) is 5.91. The van der Waals surface area contributed by atoms with Gasteiger partial charge in [-0.15, -0.1) is 0 Å². The Morgan fingerprint density at radius 3 is 2.71 bits per heavy atom. The van der Waals surface area contributed by atoms with Crippen LogP contribution in [-0.4, -0.2) is 19.9 Å². The summed E-state index contributed by atoms with van der Waals surface area (Å²) in [5.41, 5.74) is 6.10. The van der Waals surface area contributed by atoms with Crippen molar-refractivity contribution >= 4 is 26.8 Å². The number of aromatic amines is 1. The molecule has 0 radical (unpaired) electrons. The molecule has 0 amide bonds. The van der Waals surface area contributed by atoms with Gasteiger partial charge >= 0.3 is 0 Å². The number of imidazole rings is 1. The van der Waals surface area contributed by atoms with Crippen LogP contribution in [0.1, 0.15) is 17.0 Å². The van der Waals surface area contributed by atoms with Crippen molar-refractivity contribution in [3.8, 4) is 28.7 Å². The first-order valence-electron chi connectivity index (χ1n) is 9.75. The molecule has 2 aromatic carbocycles. The van der Waals surface area contributed by atoms with E-state index in [1.807, 2.05) is 60.7 Å². The Balaban J connectivity index is 1.63. The number of hydrogen-bond donors (Lipinski definition) is 1. The van der Waals surface area contributed by atoms with Crippen molar-refractivity contribution in [2.45, 2.75) is 6.42 Å². The van der Waals surface area contributed by atoms with Crippen LogP contribution in [0, 0.1) is 11.3 Å². The first-order valence-corrected chi connectivity index (χ1v) is 10.5. The highest BCUT2D eigenvalue weighted by Crippen LogP contribution is 2.32. The van der Waals surface area contributed by atoms with Gasteiger partial charge in [-0.3, -0.25) is 4.98 Å². The van der Waals surface area contributed by atoms with E-state index in [1.54, 1.807) is 12.3 Å². The molecule has 0 fully saturated rings. The van der Waals surface area contributed by atoms with Crippen LogP contribution in [0.4, 0.5) is 0 Å². The van der Waals surface area contributed by atoms with Crippen molar-refractivity contribution in [1.29, 1.82) is 5.26 Å². The highest BCUT2D eigenvalue weighted by atomic mass is 79.9. The fourth-order valence-electron chi connectivity index (χ4n) is 3.61. The van der Waals surface area contributed by atoms with E-state index in [2.05, 4.69) is 43.0 Å². The smallest absolute Gasteiger partial charge is 0.111 e. The highest BCUT2D eigenvalue weighted by molar-refractivity contribution is 9.10.